The third-order valence-corrected chi connectivity index (χ3v) is 4.41. The number of carbonyl (C=O) groups is 1. The summed E-state index contributed by atoms with van der Waals surface area (Å²) in [5.41, 5.74) is 3.65. The van der Waals surface area contributed by atoms with E-state index in [0.717, 1.165) is 30.0 Å². The summed E-state index contributed by atoms with van der Waals surface area (Å²) in [6.07, 6.45) is 0.339. The lowest BCUT2D eigenvalue weighted by atomic mass is 10.1. The van der Waals surface area contributed by atoms with E-state index < -0.39 is 0 Å². The second-order valence-corrected chi connectivity index (χ2v) is 6.24. The summed E-state index contributed by atoms with van der Waals surface area (Å²) in [5.74, 6) is -0.280. The fraction of sp³-hybridized carbons (Fsp3) is 0.381. The molecule has 2 aromatic carbocycles. The number of rotatable bonds is 9. The molecule has 0 unspecified atom stereocenters. The number of benzene rings is 2. The molecule has 0 aliphatic carbocycles. The Morgan fingerprint density at radius 2 is 1.85 bits per heavy atom. The molecule has 2 N–H and O–H groups in total. The van der Waals surface area contributed by atoms with Gasteiger partial charge in [-0.25, -0.2) is 4.39 Å². The van der Waals surface area contributed by atoms with Crippen molar-refractivity contribution in [2.45, 2.75) is 33.7 Å². The largest absolute Gasteiger partial charge is 0.372 e. The van der Waals surface area contributed by atoms with E-state index in [1.807, 2.05) is 19.1 Å². The first-order chi connectivity index (χ1) is 12.5. The van der Waals surface area contributed by atoms with Gasteiger partial charge in [-0.2, -0.15) is 0 Å². The average molecular weight is 357 g/mol. The minimum atomic E-state index is -0.228. The summed E-state index contributed by atoms with van der Waals surface area (Å²) in [6.45, 7) is 9.07. The zero-order chi connectivity index (χ0) is 18.9. The minimum absolute atomic E-state index is 0.0512. The van der Waals surface area contributed by atoms with E-state index in [4.69, 9.17) is 0 Å². The number of amides is 1. The van der Waals surface area contributed by atoms with E-state index in [9.17, 15) is 9.18 Å². The predicted molar refractivity (Wildman–Crippen MR) is 106 cm³/mol. The van der Waals surface area contributed by atoms with E-state index in [-0.39, 0.29) is 11.7 Å². The van der Waals surface area contributed by atoms with Crippen molar-refractivity contribution in [2.75, 3.05) is 29.9 Å². The molecule has 0 saturated heterocycles. The topological polar surface area (TPSA) is 44.4 Å². The van der Waals surface area contributed by atoms with Crippen LogP contribution >= 0.6 is 0 Å². The van der Waals surface area contributed by atoms with Gasteiger partial charge in [0.2, 0.25) is 5.91 Å². The third kappa shape index (κ3) is 5.56. The van der Waals surface area contributed by atoms with Crippen molar-refractivity contribution in [3.63, 3.8) is 0 Å². The maximum Gasteiger partial charge on any atom is 0.225 e. The number of hydrogen-bond donors (Lipinski definition) is 2. The number of nitrogens with one attached hydrogen (secondary N) is 2. The molecule has 0 aliphatic rings. The first-order valence-corrected chi connectivity index (χ1v) is 9.14. The summed E-state index contributed by atoms with van der Waals surface area (Å²) in [7, 11) is 0. The quantitative estimate of drug-likeness (QED) is 0.664. The number of aryl methyl sites for hydroxylation is 1. The standard InChI is InChI=1S/C21H28FN3O/c1-4-25(5-2)18-10-11-20(16(3)14-18)24-21(26)12-13-23-15-17-8-6-7-9-19(17)22/h6-11,14,23H,4-5,12-13,15H2,1-3H3,(H,24,26). The highest BCUT2D eigenvalue weighted by Gasteiger charge is 2.08. The molecule has 4 nitrogen and oxygen atoms in total. The molecule has 140 valence electrons. The summed E-state index contributed by atoms with van der Waals surface area (Å²) in [5, 5.41) is 6.06. The van der Waals surface area contributed by atoms with Gasteiger partial charge in [-0.1, -0.05) is 18.2 Å². The van der Waals surface area contributed by atoms with E-state index in [2.05, 4.69) is 35.4 Å². The van der Waals surface area contributed by atoms with E-state index in [0.29, 0.717) is 25.1 Å². The zero-order valence-electron chi connectivity index (χ0n) is 15.8. The van der Waals surface area contributed by atoms with Crippen molar-refractivity contribution < 1.29 is 9.18 Å². The number of halogens is 1. The molecule has 0 spiro atoms. The van der Waals surface area contributed by atoms with Gasteiger partial charge in [0.05, 0.1) is 0 Å². The van der Waals surface area contributed by atoms with Crippen LogP contribution in [-0.2, 0) is 11.3 Å². The first kappa shape index (κ1) is 19.9. The molecule has 5 heteroatoms. The van der Waals surface area contributed by atoms with Gasteiger partial charge in [0.25, 0.3) is 0 Å². The fourth-order valence-corrected chi connectivity index (χ4v) is 2.85. The SMILES string of the molecule is CCN(CC)c1ccc(NC(=O)CCNCc2ccccc2F)c(C)c1. The maximum atomic E-state index is 13.5. The third-order valence-electron chi connectivity index (χ3n) is 4.41. The molecule has 0 fully saturated rings. The molecule has 2 aromatic rings. The van der Waals surface area contributed by atoms with Gasteiger partial charge in [0.1, 0.15) is 5.82 Å². The van der Waals surface area contributed by atoms with Crippen LogP contribution in [-0.4, -0.2) is 25.5 Å². The zero-order valence-corrected chi connectivity index (χ0v) is 15.8. The lowest BCUT2D eigenvalue weighted by Gasteiger charge is -2.22. The lowest BCUT2D eigenvalue weighted by Crippen LogP contribution is -2.23. The molecular weight excluding hydrogens is 329 g/mol. The molecule has 0 aliphatic heterocycles. The van der Waals surface area contributed by atoms with E-state index >= 15 is 0 Å². The van der Waals surface area contributed by atoms with Crippen molar-refractivity contribution in [3.8, 4) is 0 Å². The van der Waals surface area contributed by atoms with E-state index in [1.165, 1.54) is 6.07 Å². The molecule has 0 radical (unpaired) electrons. The van der Waals surface area contributed by atoms with Crippen molar-refractivity contribution in [1.29, 1.82) is 0 Å². The molecular formula is C21H28FN3O. The molecule has 2 rings (SSSR count). The molecule has 0 aromatic heterocycles. The molecule has 0 heterocycles. The van der Waals surface area contributed by atoms with Gasteiger partial charge in [-0.05, 0) is 50.6 Å². The van der Waals surface area contributed by atoms with Crippen LogP contribution in [0.1, 0.15) is 31.4 Å². The Kier molecular flexibility index (Phi) is 7.60. The lowest BCUT2D eigenvalue weighted by molar-refractivity contribution is -0.116. The van der Waals surface area contributed by atoms with Crippen LogP contribution in [0.2, 0.25) is 0 Å². The Hall–Kier alpha value is -2.40. The van der Waals surface area contributed by atoms with Gasteiger partial charge in [-0.3, -0.25) is 4.79 Å². The number of anilines is 2. The number of nitrogens with zero attached hydrogens (tertiary/aromatic N) is 1. The smallest absolute Gasteiger partial charge is 0.225 e. The second kappa shape index (κ2) is 9.92. The Bertz CT molecular complexity index is 729. The highest BCUT2D eigenvalue weighted by molar-refractivity contribution is 5.91. The second-order valence-electron chi connectivity index (χ2n) is 6.24. The van der Waals surface area contributed by atoms with Gasteiger partial charge in [0.15, 0.2) is 0 Å². The summed E-state index contributed by atoms with van der Waals surface area (Å²) < 4.78 is 13.5. The summed E-state index contributed by atoms with van der Waals surface area (Å²) in [4.78, 5) is 14.4. The number of carbonyl (C=O) groups excluding carboxylic acids is 1. The fourth-order valence-electron chi connectivity index (χ4n) is 2.85. The van der Waals surface area contributed by atoms with Crippen LogP contribution in [0.4, 0.5) is 15.8 Å². The van der Waals surface area contributed by atoms with Crippen LogP contribution in [0.3, 0.4) is 0 Å². The van der Waals surface area contributed by atoms with Crippen molar-refractivity contribution in [2.24, 2.45) is 0 Å². The molecule has 1 amide bonds. The first-order valence-electron chi connectivity index (χ1n) is 9.14. The van der Waals surface area contributed by atoms with Crippen LogP contribution in [0.5, 0.6) is 0 Å². The molecule has 26 heavy (non-hydrogen) atoms. The number of hydrogen-bond acceptors (Lipinski definition) is 3. The average Bonchev–Trinajstić information content (AvgIpc) is 2.63. The van der Waals surface area contributed by atoms with Crippen LogP contribution in [0.15, 0.2) is 42.5 Å². The van der Waals surface area contributed by atoms with Gasteiger partial charge < -0.3 is 15.5 Å². The molecule has 0 atom stereocenters. The van der Waals surface area contributed by atoms with Crippen molar-refractivity contribution in [3.05, 3.63) is 59.4 Å². The Balaban J connectivity index is 1.81. The van der Waals surface area contributed by atoms with Gasteiger partial charge in [0, 0.05) is 49.5 Å². The Morgan fingerprint density at radius 1 is 1.12 bits per heavy atom. The predicted octanol–water partition coefficient (Wildman–Crippen LogP) is 4.10. The van der Waals surface area contributed by atoms with Gasteiger partial charge >= 0.3 is 0 Å². The van der Waals surface area contributed by atoms with Gasteiger partial charge in [-0.15, -0.1) is 0 Å². The van der Waals surface area contributed by atoms with Crippen LogP contribution in [0, 0.1) is 12.7 Å². The Morgan fingerprint density at radius 3 is 2.50 bits per heavy atom. The molecule has 0 saturated carbocycles. The highest BCUT2D eigenvalue weighted by atomic mass is 19.1. The monoisotopic (exact) mass is 357 g/mol. The minimum Gasteiger partial charge on any atom is -0.372 e. The molecule has 0 bridgehead atoms. The van der Waals surface area contributed by atoms with Crippen molar-refractivity contribution in [1.82, 2.24) is 5.32 Å². The Labute approximate surface area is 155 Å². The van der Waals surface area contributed by atoms with Crippen LogP contribution in [0.25, 0.3) is 0 Å². The summed E-state index contributed by atoms with van der Waals surface area (Å²) >= 11 is 0. The van der Waals surface area contributed by atoms with Crippen LogP contribution < -0.4 is 15.5 Å². The van der Waals surface area contributed by atoms with Crippen molar-refractivity contribution >= 4 is 17.3 Å². The summed E-state index contributed by atoms with van der Waals surface area (Å²) in [6, 6.07) is 12.7. The normalized spacial score (nSPS) is 10.6. The maximum absolute atomic E-state index is 13.5. The highest BCUT2D eigenvalue weighted by Crippen LogP contribution is 2.22. The van der Waals surface area contributed by atoms with E-state index in [1.54, 1.807) is 18.2 Å².